The molecule has 0 spiro atoms. The number of ether oxygens (including phenoxy) is 1. The second-order valence-electron chi connectivity index (χ2n) is 5.54. The van der Waals surface area contributed by atoms with Gasteiger partial charge in [-0.25, -0.2) is 4.98 Å². The van der Waals surface area contributed by atoms with Gasteiger partial charge in [0.15, 0.2) is 12.3 Å². The molecular weight excluding hydrogens is 325 g/mol. The first-order chi connectivity index (χ1) is 11.4. The van der Waals surface area contributed by atoms with Crippen molar-refractivity contribution in [3.8, 4) is 5.75 Å². The van der Waals surface area contributed by atoms with E-state index in [-0.39, 0.29) is 35.9 Å². The smallest absolute Gasteiger partial charge is 0.416 e. The normalized spacial score (nSPS) is 15.0. The first kappa shape index (κ1) is 16.4. The molecule has 0 saturated heterocycles. The monoisotopic (exact) mass is 340 g/mol. The highest BCUT2D eigenvalue weighted by Gasteiger charge is 2.30. The average molecular weight is 340 g/mol. The number of carbonyl (C=O) groups excluding carboxylic acids is 1. The second-order valence-corrected chi connectivity index (χ2v) is 5.54. The Hall–Kier alpha value is -2.51. The summed E-state index contributed by atoms with van der Waals surface area (Å²) in [6, 6.07) is 4.70. The number of nitrogens with zero attached hydrogens (tertiary/aromatic N) is 1. The SMILES string of the molecule is O=C(NC1CCC1)c1coc(COc2cccc(C(F)(F)F)c2)n1. The highest BCUT2D eigenvalue weighted by atomic mass is 19.4. The summed E-state index contributed by atoms with van der Waals surface area (Å²) in [4.78, 5) is 15.9. The van der Waals surface area contributed by atoms with Gasteiger partial charge in [0, 0.05) is 6.04 Å². The van der Waals surface area contributed by atoms with Gasteiger partial charge in [0.1, 0.15) is 12.0 Å². The topological polar surface area (TPSA) is 64.4 Å². The van der Waals surface area contributed by atoms with E-state index in [0.29, 0.717) is 0 Å². The van der Waals surface area contributed by atoms with Gasteiger partial charge in [0.2, 0.25) is 5.89 Å². The number of aromatic nitrogens is 1. The van der Waals surface area contributed by atoms with E-state index < -0.39 is 11.7 Å². The van der Waals surface area contributed by atoms with Crippen molar-refractivity contribution in [3.05, 3.63) is 47.7 Å². The van der Waals surface area contributed by atoms with Crippen molar-refractivity contribution in [2.75, 3.05) is 0 Å². The lowest BCUT2D eigenvalue weighted by Crippen LogP contribution is -2.39. The molecule has 1 heterocycles. The molecule has 1 N–H and O–H groups in total. The van der Waals surface area contributed by atoms with E-state index in [0.717, 1.165) is 31.4 Å². The Morgan fingerprint density at radius 2 is 2.17 bits per heavy atom. The fraction of sp³-hybridized carbons (Fsp3) is 0.375. The molecule has 0 unspecified atom stereocenters. The standard InChI is InChI=1S/C16H15F3N2O3/c17-16(18,19)10-3-1-6-12(7-10)23-9-14-21-13(8-24-14)15(22)20-11-4-2-5-11/h1,3,6-8,11H,2,4-5,9H2,(H,20,22). The zero-order valence-electron chi connectivity index (χ0n) is 12.6. The van der Waals surface area contributed by atoms with Gasteiger partial charge in [-0.1, -0.05) is 6.07 Å². The molecule has 1 amide bonds. The molecule has 0 atom stereocenters. The summed E-state index contributed by atoms with van der Waals surface area (Å²) in [6.45, 7) is -0.169. The zero-order chi connectivity index (χ0) is 17.2. The van der Waals surface area contributed by atoms with Crippen molar-refractivity contribution >= 4 is 5.91 Å². The minimum Gasteiger partial charge on any atom is -0.484 e. The van der Waals surface area contributed by atoms with Crippen molar-refractivity contribution < 1.29 is 27.1 Å². The summed E-state index contributed by atoms with van der Waals surface area (Å²) in [5.41, 5.74) is -0.669. The van der Waals surface area contributed by atoms with Crippen LogP contribution in [0.3, 0.4) is 0 Å². The van der Waals surface area contributed by atoms with Crippen LogP contribution in [-0.2, 0) is 12.8 Å². The molecule has 1 aromatic heterocycles. The maximum atomic E-state index is 12.6. The number of amides is 1. The average Bonchev–Trinajstić information content (AvgIpc) is 2.97. The number of alkyl halides is 3. The number of rotatable bonds is 5. The van der Waals surface area contributed by atoms with Crippen LogP contribution in [-0.4, -0.2) is 16.9 Å². The molecule has 8 heteroatoms. The fourth-order valence-corrected chi connectivity index (χ4v) is 2.20. The van der Waals surface area contributed by atoms with Crippen LogP contribution in [0.15, 0.2) is 34.9 Å². The van der Waals surface area contributed by atoms with Gasteiger partial charge in [-0.05, 0) is 37.5 Å². The molecule has 1 saturated carbocycles. The first-order valence-corrected chi connectivity index (χ1v) is 7.47. The third kappa shape index (κ3) is 3.87. The van der Waals surface area contributed by atoms with Gasteiger partial charge in [-0.3, -0.25) is 4.79 Å². The largest absolute Gasteiger partial charge is 0.484 e. The fourth-order valence-electron chi connectivity index (χ4n) is 2.20. The molecule has 0 bridgehead atoms. The Morgan fingerprint density at radius 1 is 1.38 bits per heavy atom. The quantitative estimate of drug-likeness (QED) is 0.904. The van der Waals surface area contributed by atoms with Gasteiger partial charge in [-0.2, -0.15) is 13.2 Å². The predicted octanol–water partition coefficient (Wildman–Crippen LogP) is 3.55. The number of halogens is 3. The van der Waals surface area contributed by atoms with Crippen molar-refractivity contribution in [2.24, 2.45) is 0 Å². The molecule has 1 aliphatic carbocycles. The van der Waals surface area contributed by atoms with Crippen LogP contribution in [0.4, 0.5) is 13.2 Å². The molecule has 0 radical (unpaired) electrons. The van der Waals surface area contributed by atoms with Gasteiger partial charge >= 0.3 is 6.18 Å². The summed E-state index contributed by atoms with van der Waals surface area (Å²) in [5, 5.41) is 2.82. The highest BCUT2D eigenvalue weighted by Crippen LogP contribution is 2.31. The molecule has 24 heavy (non-hydrogen) atoms. The van der Waals surface area contributed by atoms with Gasteiger partial charge < -0.3 is 14.5 Å². The zero-order valence-corrected chi connectivity index (χ0v) is 12.6. The second kappa shape index (κ2) is 6.54. The predicted molar refractivity (Wildman–Crippen MR) is 77.4 cm³/mol. The van der Waals surface area contributed by atoms with E-state index in [1.807, 2.05) is 0 Å². The summed E-state index contributed by atoms with van der Waals surface area (Å²) >= 11 is 0. The number of nitrogens with one attached hydrogen (secondary N) is 1. The third-order valence-corrected chi connectivity index (χ3v) is 3.75. The lowest BCUT2D eigenvalue weighted by Gasteiger charge is -2.25. The molecule has 128 valence electrons. The van der Waals surface area contributed by atoms with Crippen LogP contribution in [0, 0.1) is 0 Å². The van der Waals surface area contributed by atoms with E-state index in [9.17, 15) is 18.0 Å². The van der Waals surface area contributed by atoms with E-state index in [1.54, 1.807) is 0 Å². The molecule has 5 nitrogen and oxygen atoms in total. The van der Waals surface area contributed by atoms with Crippen molar-refractivity contribution in [1.29, 1.82) is 0 Å². The Bertz CT molecular complexity index is 723. The highest BCUT2D eigenvalue weighted by molar-refractivity contribution is 5.92. The van der Waals surface area contributed by atoms with Crippen molar-refractivity contribution in [1.82, 2.24) is 10.3 Å². The van der Waals surface area contributed by atoms with Crippen LogP contribution in [0.5, 0.6) is 5.75 Å². The van der Waals surface area contributed by atoms with Crippen LogP contribution >= 0.6 is 0 Å². The van der Waals surface area contributed by atoms with E-state index in [4.69, 9.17) is 9.15 Å². The Morgan fingerprint density at radius 3 is 2.83 bits per heavy atom. The van der Waals surface area contributed by atoms with Gasteiger partial charge in [0.05, 0.1) is 5.56 Å². The summed E-state index contributed by atoms with van der Waals surface area (Å²) in [7, 11) is 0. The van der Waals surface area contributed by atoms with E-state index >= 15 is 0 Å². The summed E-state index contributed by atoms with van der Waals surface area (Å²) < 4.78 is 48.3. The minimum absolute atomic E-state index is 0.0449. The lowest BCUT2D eigenvalue weighted by atomic mass is 9.93. The van der Waals surface area contributed by atoms with Crippen LogP contribution in [0.2, 0.25) is 0 Å². The lowest BCUT2D eigenvalue weighted by molar-refractivity contribution is -0.137. The van der Waals surface area contributed by atoms with E-state index in [2.05, 4.69) is 10.3 Å². The van der Waals surface area contributed by atoms with Crippen LogP contribution in [0.25, 0.3) is 0 Å². The van der Waals surface area contributed by atoms with Crippen molar-refractivity contribution in [2.45, 2.75) is 38.1 Å². The van der Waals surface area contributed by atoms with E-state index in [1.165, 1.54) is 18.4 Å². The molecule has 0 aliphatic heterocycles. The summed E-state index contributed by atoms with van der Waals surface area (Å²) in [5.74, 6) is -0.163. The number of oxazole rings is 1. The van der Waals surface area contributed by atoms with Gasteiger partial charge in [-0.15, -0.1) is 0 Å². The number of hydrogen-bond donors (Lipinski definition) is 1. The molecule has 3 rings (SSSR count). The van der Waals surface area contributed by atoms with Crippen molar-refractivity contribution in [3.63, 3.8) is 0 Å². The maximum Gasteiger partial charge on any atom is 0.416 e. The van der Waals surface area contributed by atoms with Gasteiger partial charge in [0.25, 0.3) is 5.91 Å². The van der Waals surface area contributed by atoms with Crippen LogP contribution < -0.4 is 10.1 Å². The molecule has 2 aromatic rings. The number of carbonyl (C=O) groups is 1. The number of hydrogen-bond acceptors (Lipinski definition) is 4. The maximum absolute atomic E-state index is 12.6. The molecule has 1 fully saturated rings. The summed E-state index contributed by atoms with van der Waals surface area (Å²) in [6.07, 6.45) is -0.224. The minimum atomic E-state index is -4.44. The Balaban J connectivity index is 1.58. The first-order valence-electron chi connectivity index (χ1n) is 7.47. The Kier molecular flexibility index (Phi) is 4.46. The molecular formula is C16H15F3N2O3. The third-order valence-electron chi connectivity index (χ3n) is 3.75. The number of benzene rings is 1. The molecule has 1 aliphatic rings. The Labute approximate surface area is 135 Å². The molecule has 1 aromatic carbocycles. The van der Waals surface area contributed by atoms with Crippen LogP contribution in [0.1, 0.15) is 41.2 Å².